The minimum absolute atomic E-state index is 0.244. The Morgan fingerprint density at radius 3 is 1.90 bits per heavy atom. The molecule has 0 aliphatic carbocycles. The molecule has 3 heteroatoms. The second-order valence-corrected chi connectivity index (χ2v) is 11.6. The van der Waals surface area contributed by atoms with Crippen LogP contribution in [-0.2, 0) is 9.53 Å². The van der Waals surface area contributed by atoms with E-state index < -0.39 is 8.07 Å². The Kier molecular flexibility index (Phi) is 11.7. The Morgan fingerprint density at radius 2 is 1.48 bits per heavy atom. The van der Waals surface area contributed by atoms with Gasteiger partial charge in [0.25, 0.3) is 0 Å². The van der Waals surface area contributed by atoms with Gasteiger partial charge in [0.1, 0.15) is 0 Å². The molecule has 124 valence electrons. The molecular formula is C18H36O2Si. The first-order valence-corrected chi connectivity index (χ1v) is 11.7. The summed E-state index contributed by atoms with van der Waals surface area (Å²) in [7, 11) is -1.07. The van der Waals surface area contributed by atoms with Gasteiger partial charge in [-0.1, -0.05) is 83.6 Å². The van der Waals surface area contributed by atoms with Crippen LogP contribution in [0, 0.1) is 0 Å². The highest BCUT2D eigenvalue weighted by Gasteiger charge is 2.28. The van der Waals surface area contributed by atoms with E-state index in [2.05, 4.69) is 27.4 Å². The zero-order chi connectivity index (χ0) is 16.1. The molecule has 0 radical (unpaired) electrons. The van der Waals surface area contributed by atoms with Crippen molar-refractivity contribution in [3.05, 3.63) is 12.2 Å². The predicted molar refractivity (Wildman–Crippen MR) is 95.5 cm³/mol. The molecule has 0 bridgehead atoms. The van der Waals surface area contributed by atoms with Gasteiger partial charge in [-0.25, -0.2) is 4.79 Å². The lowest BCUT2D eigenvalue weighted by Gasteiger charge is -2.31. The van der Waals surface area contributed by atoms with Crippen molar-refractivity contribution in [2.24, 2.45) is 0 Å². The highest BCUT2D eigenvalue weighted by Crippen LogP contribution is 2.31. The van der Waals surface area contributed by atoms with Crippen LogP contribution in [-0.4, -0.2) is 20.7 Å². The lowest BCUT2D eigenvalue weighted by atomic mass is 10.3. The normalized spacial score (nSPS) is 11.4. The topological polar surface area (TPSA) is 26.3 Å². The fraction of sp³-hybridized carbons (Fsp3) is 0.833. The first-order chi connectivity index (χ1) is 10.0. The minimum Gasteiger partial charge on any atom is -0.462 e. The summed E-state index contributed by atoms with van der Waals surface area (Å²) in [5.74, 6) is -0.244. The number of hydrogen-bond donors (Lipinski definition) is 0. The van der Waals surface area contributed by atoms with Crippen molar-refractivity contribution in [2.75, 3.05) is 6.61 Å². The lowest BCUT2D eigenvalue weighted by Crippen LogP contribution is -2.32. The maximum Gasteiger partial charge on any atom is 0.333 e. The average Bonchev–Trinajstić information content (AvgIpc) is 2.48. The number of hydrogen-bond acceptors (Lipinski definition) is 2. The van der Waals surface area contributed by atoms with E-state index in [9.17, 15) is 4.79 Å². The van der Waals surface area contributed by atoms with Crippen LogP contribution in [0.2, 0.25) is 24.2 Å². The largest absolute Gasteiger partial charge is 0.462 e. The van der Waals surface area contributed by atoms with Gasteiger partial charge >= 0.3 is 5.97 Å². The van der Waals surface area contributed by atoms with Crippen LogP contribution in [0.25, 0.3) is 0 Å². The van der Waals surface area contributed by atoms with Gasteiger partial charge in [0, 0.05) is 5.57 Å². The van der Waals surface area contributed by atoms with E-state index in [-0.39, 0.29) is 5.97 Å². The molecule has 0 N–H and O–H groups in total. The molecule has 0 aliphatic heterocycles. The van der Waals surface area contributed by atoms with Gasteiger partial charge in [-0.15, -0.1) is 0 Å². The van der Waals surface area contributed by atoms with Crippen molar-refractivity contribution in [3.63, 3.8) is 0 Å². The summed E-state index contributed by atoms with van der Waals surface area (Å²) in [5.41, 5.74) is 0.498. The summed E-state index contributed by atoms with van der Waals surface area (Å²) in [6, 6.07) is 5.81. The number of esters is 1. The Morgan fingerprint density at radius 1 is 0.952 bits per heavy atom. The summed E-state index contributed by atoms with van der Waals surface area (Å²) >= 11 is 0. The van der Waals surface area contributed by atoms with E-state index in [1.807, 2.05) is 0 Å². The van der Waals surface area contributed by atoms with E-state index in [1.54, 1.807) is 6.92 Å². The summed E-state index contributed by atoms with van der Waals surface area (Å²) in [5, 5.41) is 0. The van der Waals surface area contributed by atoms with Gasteiger partial charge in [0.15, 0.2) is 0 Å². The Balaban J connectivity index is 4.15. The van der Waals surface area contributed by atoms with Crippen molar-refractivity contribution in [2.45, 2.75) is 90.4 Å². The molecule has 0 saturated heterocycles. The Hall–Kier alpha value is -0.573. The first kappa shape index (κ1) is 20.4. The second-order valence-electron chi connectivity index (χ2n) is 6.43. The van der Waals surface area contributed by atoms with Crippen LogP contribution in [0.15, 0.2) is 12.2 Å². The van der Waals surface area contributed by atoms with Gasteiger partial charge in [-0.2, -0.15) is 0 Å². The summed E-state index contributed by atoms with van der Waals surface area (Å²) in [4.78, 5) is 11.3. The zero-order valence-electron chi connectivity index (χ0n) is 14.8. The van der Waals surface area contributed by atoms with E-state index in [4.69, 9.17) is 4.74 Å². The monoisotopic (exact) mass is 312 g/mol. The number of ether oxygens (including phenoxy) is 1. The number of rotatable bonds is 13. The van der Waals surface area contributed by atoms with E-state index in [0.717, 1.165) is 6.42 Å². The van der Waals surface area contributed by atoms with Gasteiger partial charge in [0.2, 0.25) is 0 Å². The molecule has 21 heavy (non-hydrogen) atoms. The van der Waals surface area contributed by atoms with Crippen LogP contribution < -0.4 is 0 Å². The van der Waals surface area contributed by atoms with E-state index in [1.165, 1.54) is 56.3 Å². The van der Waals surface area contributed by atoms with Gasteiger partial charge < -0.3 is 4.74 Å². The van der Waals surface area contributed by atoms with Crippen molar-refractivity contribution >= 4 is 14.0 Å². The Labute approximate surface area is 133 Å². The summed E-state index contributed by atoms with van der Waals surface area (Å²) < 4.78 is 5.19. The molecule has 0 saturated carbocycles. The number of unbranched alkanes of at least 4 members (excludes halogenated alkanes) is 3. The van der Waals surface area contributed by atoms with Crippen molar-refractivity contribution in [3.8, 4) is 0 Å². The van der Waals surface area contributed by atoms with Crippen LogP contribution in [0.5, 0.6) is 0 Å². The second kappa shape index (κ2) is 12.0. The van der Waals surface area contributed by atoms with Crippen molar-refractivity contribution < 1.29 is 9.53 Å². The minimum atomic E-state index is -1.07. The molecule has 2 nitrogen and oxygen atoms in total. The van der Waals surface area contributed by atoms with E-state index >= 15 is 0 Å². The molecule has 0 aromatic carbocycles. The maximum atomic E-state index is 11.3. The third kappa shape index (κ3) is 9.13. The molecule has 0 fully saturated rings. The Bertz CT molecular complexity index is 292. The van der Waals surface area contributed by atoms with Crippen LogP contribution >= 0.6 is 0 Å². The van der Waals surface area contributed by atoms with Gasteiger partial charge in [-0.05, 0) is 13.3 Å². The van der Waals surface area contributed by atoms with Crippen LogP contribution in [0.1, 0.15) is 66.2 Å². The molecule has 0 aromatic rings. The van der Waals surface area contributed by atoms with Gasteiger partial charge in [0.05, 0.1) is 14.7 Å². The lowest BCUT2D eigenvalue weighted by molar-refractivity contribution is -0.139. The third-order valence-corrected chi connectivity index (χ3v) is 10.3. The quantitative estimate of drug-likeness (QED) is 0.182. The van der Waals surface area contributed by atoms with E-state index in [0.29, 0.717) is 12.2 Å². The van der Waals surface area contributed by atoms with Crippen LogP contribution in [0.4, 0.5) is 0 Å². The number of carbonyl (C=O) groups is 1. The fourth-order valence-corrected chi connectivity index (χ4v) is 7.92. The van der Waals surface area contributed by atoms with Crippen molar-refractivity contribution in [1.82, 2.24) is 0 Å². The zero-order valence-corrected chi connectivity index (χ0v) is 15.8. The maximum absolute atomic E-state index is 11.3. The molecular weight excluding hydrogens is 276 g/mol. The predicted octanol–water partition coefficient (Wildman–Crippen LogP) is 5.95. The molecule has 0 aliphatic rings. The first-order valence-electron chi connectivity index (χ1n) is 8.84. The third-order valence-electron chi connectivity index (χ3n) is 4.55. The summed E-state index contributed by atoms with van der Waals surface area (Å²) in [6.07, 6.45) is 7.65. The molecule has 0 aromatic heterocycles. The summed E-state index contributed by atoms with van der Waals surface area (Å²) in [6.45, 7) is 12.9. The fourth-order valence-electron chi connectivity index (χ4n) is 2.90. The molecule has 0 rings (SSSR count). The average molecular weight is 313 g/mol. The molecule has 0 heterocycles. The van der Waals surface area contributed by atoms with Crippen LogP contribution in [0.3, 0.4) is 0 Å². The molecule has 0 unspecified atom stereocenters. The van der Waals surface area contributed by atoms with Gasteiger partial charge in [-0.3, -0.25) is 0 Å². The molecule has 0 amide bonds. The standard InChI is InChI=1S/C18H36O2Si/c1-6-9-14-21(8-3,15-10-7-2)16-12-11-13-20-18(19)17(4)5/h4,6-16H2,1-3,5H3. The molecule has 0 atom stereocenters. The smallest absolute Gasteiger partial charge is 0.333 e. The highest BCUT2D eigenvalue weighted by molar-refractivity contribution is 6.79. The van der Waals surface area contributed by atoms with Crippen molar-refractivity contribution in [1.29, 1.82) is 0 Å². The SMILES string of the molecule is C=C(C)C(=O)OCCCC[Si](CC)(CCCC)CCCC. The highest BCUT2D eigenvalue weighted by atomic mass is 28.3. The number of carbonyl (C=O) groups excluding carboxylic acids is 1. The molecule has 0 spiro atoms.